The second-order valence-corrected chi connectivity index (χ2v) is 16.3. The summed E-state index contributed by atoms with van der Waals surface area (Å²) < 4.78 is 37.5. The fourth-order valence-corrected chi connectivity index (χ4v) is 9.52. The van der Waals surface area contributed by atoms with Crippen LogP contribution in [0.1, 0.15) is 79.3 Å². The van der Waals surface area contributed by atoms with Crippen LogP contribution < -0.4 is 14.2 Å². The van der Waals surface area contributed by atoms with Gasteiger partial charge >= 0.3 is 6.09 Å². The number of oxime groups is 1. The van der Waals surface area contributed by atoms with Crippen LogP contribution in [0.25, 0.3) is 0 Å². The van der Waals surface area contributed by atoms with Crippen LogP contribution in [-0.2, 0) is 25.7 Å². The van der Waals surface area contributed by atoms with Gasteiger partial charge in [0.2, 0.25) is 5.79 Å². The topological polar surface area (TPSA) is 218 Å². The van der Waals surface area contributed by atoms with E-state index in [4.69, 9.17) is 38.4 Å². The van der Waals surface area contributed by atoms with E-state index in [9.17, 15) is 35.0 Å². The number of nitro groups is 1. The van der Waals surface area contributed by atoms with E-state index in [0.717, 1.165) is 24.0 Å². The molecule has 6 rings (SSSR count). The summed E-state index contributed by atoms with van der Waals surface area (Å²) in [6.07, 6.45) is 8.00. The number of aliphatic hydroxyl groups excluding tert-OH is 3. The number of methoxy groups -OCH3 is 1. The molecule has 3 aliphatic rings. The van der Waals surface area contributed by atoms with Gasteiger partial charge in [0.1, 0.15) is 35.6 Å². The summed E-state index contributed by atoms with van der Waals surface area (Å²) in [4.78, 5) is 44.7. The SMILES string of the molecule is C=CCOC12Oc3ccc(Oc4ccc(OC)c(C=O)c4)cc3C3C(CCCCO)C(CCCCO)C=C(C(=NOCc4ccc([N+](=O)[O-])cc4)CC1N(CCOCCO)C(=O)OCC)C32. The van der Waals surface area contributed by atoms with Crippen molar-refractivity contribution < 1.29 is 63.1 Å². The van der Waals surface area contributed by atoms with Gasteiger partial charge in [-0.3, -0.25) is 19.8 Å². The molecule has 6 unspecified atom stereocenters. The lowest BCUT2D eigenvalue weighted by Gasteiger charge is -2.59. The van der Waals surface area contributed by atoms with E-state index in [1.54, 1.807) is 49.4 Å². The van der Waals surface area contributed by atoms with Gasteiger partial charge < -0.3 is 48.6 Å². The van der Waals surface area contributed by atoms with Crippen LogP contribution in [0.4, 0.5) is 10.5 Å². The molecule has 6 atom stereocenters. The Balaban J connectivity index is 1.57. The Hall–Kier alpha value is -5.85. The minimum atomic E-state index is -1.58. The zero-order valence-electron chi connectivity index (χ0n) is 37.6. The molecule has 17 heteroatoms. The molecule has 0 aromatic heterocycles. The molecule has 0 spiro atoms. The van der Waals surface area contributed by atoms with Crippen LogP contribution in [0, 0.1) is 27.9 Å². The lowest BCUT2D eigenvalue weighted by molar-refractivity contribution is -0.384. The third-order valence-corrected chi connectivity index (χ3v) is 12.4. The van der Waals surface area contributed by atoms with Crippen LogP contribution in [0.3, 0.4) is 0 Å². The van der Waals surface area contributed by atoms with Crippen LogP contribution >= 0.6 is 0 Å². The molecule has 1 heterocycles. The predicted molar refractivity (Wildman–Crippen MR) is 243 cm³/mol. The number of non-ortho nitro benzene ring substituents is 1. The van der Waals surface area contributed by atoms with Crippen molar-refractivity contribution in [2.45, 2.75) is 76.2 Å². The second-order valence-electron chi connectivity index (χ2n) is 16.3. The molecular formula is C49H61N3O14. The summed E-state index contributed by atoms with van der Waals surface area (Å²) in [6, 6.07) is 15.6. The first-order valence-electron chi connectivity index (χ1n) is 22.5. The molecule has 1 amide bonds. The number of aliphatic hydroxyl groups is 3. The molecule has 1 aliphatic heterocycles. The average molecular weight is 916 g/mol. The first kappa shape index (κ1) is 49.6. The zero-order chi connectivity index (χ0) is 47.1. The molecule has 17 nitrogen and oxygen atoms in total. The maximum atomic E-state index is 14.3. The highest BCUT2D eigenvalue weighted by atomic mass is 16.7. The van der Waals surface area contributed by atoms with Gasteiger partial charge in [-0.15, -0.1) is 6.58 Å². The molecule has 356 valence electrons. The third-order valence-electron chi connectivity index (χ3n) is 12.4. The zero-order valence-corrected chi connectivity index (χ0v) is 37.6. The number of benzene rings is 3. The number of unbranched alkanes of at least 4 members (excludes halogenated alkanes) is 2. The Kier molecular flexibility index (Phi) is 18.1. The number of rotatable bonds is 26. The Bertz CT molecular complexity index is 2180. The Morgan fingerprint density at radius 1 is 1.00 bits per heavy atom. The predicted octanol–water partition coefficient (Wildman–Crippen LogP) is 7.51. The van der Waals surface area contributed by atoms with Crippen LogP contribution in [-0.4, -0.2) is 115 Å². The highest BCUT2D eigenvalue weighted by Crippen LogP contribution is 2.62. The van der Waals surface area contributed by atoms with Crippen molar-refractivity contribution in [2.24, 2.45) is 22.9 Å². The summed E-state index contributed by atoms with van der Waals surface area (Å²) in [5, 5.41) is 45.6. The Morgan fingerprint density at radius 2 is 1.74 bits per heavy atom. The fraction of sp³-hybridized carbons (Fsp3) is 0.490. The van der Waals surface area contributed by atoms with E-state index in [-0.39, 0.29) is 89.3 Å². The van der Waals surface area contributed by atoms with Gasteiger partial charge in [-0.1, -0.05) is 30.1 Å². The first-order chi connectivity index (χ1) is 32.2. The highest BCUT2D eigenvalue weighted by molar-refractivity contribution is 6.03. The average Bonchev–Trinajstić information content (AvgIpc) is 3.32. The molecular weight excluding hydrogens is 855 g/mol. The summed E-state index contributed by atoms with van der Waals surface area (Å²) in [6.45, 7) is 5.78. The van der Waals surface area contributed by atoms with Gasteiger partial charge in [-0.25, -0.2) is 4.79 Å². The van der Waals surface area contributed by atoms with Gasteiger partial charge in [0, 0.05) is 49.8 Å². The van der Waals surface area contributed by atoms with Crippen LogP contribution in [0.5, 0.6) is 23.0 Å². The molecule has 0 bridgehead atoms. The normalized spacial score (nSPS) is 22.2. The number of aldehydes is 1. The number of fused-ring (bicyclic) bond motifs is 2. The van der Waals surface area contributed by atoms with Crippen LogP contribution in [0.2, 0.25) is 0 Å². The minimum Gasteiger partial charge on any atom is -0.496 e. The van der Waals surface area contributed by atoms with E-state index in [1.807, 2.05) is 12.1 Å². The van der Waals surface area contributed by atoms with E-state index in [1.165, 1.54) is 24.1 Å². The lowest BCUT2D eigenvalue weighted by Crippen LogP contribution is -2.70. The Labute approximate surface area is 384 Å². The van der Waals surface area contributed by atoms with Crippen molar-refractivity contribution in [1.29, 1.82) is 0 Å². The summed E-state index contributed by atoms with van der Waals surface area (Å²) in [5.41, 5.74) is 3.04. The number of nitrogens with zero attached hydrogens (tertiary/aromatic N) is 3. The molecule has 0 radical (unpaired) electrons. The van der Waals surface area contributed by atoms with Gasteiger partial charge in [0.25, 0.3) is 5.69 Å². The van der Waals surface area contributed by atoms with Crippen molar-refractivity contribution in [3.63, 3.8) is 0 Å². The highest BCUT2D eigenvalue weighted by Gasteiger charge is 2.65. The van der Waals surface area contributed by atoms with Crippen LogP contribution in [0.15, 0.2) is 90.1 Å². The van der Waals surface area contributed by atoms with Gasteiger partial charge in [0.15, 0.2) is 6.29 Å². The number of nitro benzene ring substituents is 1. The maximum absolute atomic E-state index is 14.3. The van der Waals surface area contributed by atoms with Crippen molar-refractivity contribution in [3.05, 3.63) is 112 Å². The number of amides is 1. The van der Waals surface area contributed by atoms with E-state index in [0.29, 0.717) is 71.8 Å². The van der Waals surface area contributed by atoms with E-state index in [2.05, 4.69) is 12.7 Å². The molecule has 3 aromatic carbocycles. The second kappa shape index (κ2) is 24.1. The van der Waals surface area contributed by atoms with E-state index >= 15 is 0 Å². The number of hydrogen-bond donors (Lipinski definition) is 3. The quantitative estimate of drug-likeness (QED) is 0.0234. The largest absolute Gasteiger partial charge is 0.496 e. The standard InChI is InChI=1S/C49H61N3O14/c1-4-24-63-49-45(51(48(57)62-5-2)20-25-61-26-23-55)30-42(50-64-32-33-12-14-36(15-13-33)52(58)59)40-28-34(10-6-8-21-53)39(11-7-9-22-54)46(47(40)49)41-29-38(17-19-44(41)66-49)65-37-16-18-43(60-3)35(27-37)31-56/h4,12-19,27-29,31,34,39,45-47,53-55H,1,5-11,20-26,30,32H2,2-3H3. The van der Waals surface area contributed by atoms with E-state index < -0.39 is 28.8 Å². The lowest BCUT2D eigenvalue weighted by atomic mass is 9.55. The molecule has 3 N–H and O–H groups in total. The first-order valence-corrected chi connectivity index (χ1v) is 22.5. The van der Waals surface area contributed by atoms with Crippen molar-refractivity contribution in [1.82, 2.24) is 4.90 Å². The molecule has 2 aliphatic carbocycles. The Morgan fingerprint density at radius 3 is 2.42 bits per heavy atom. The number of allylic oxidation sites excluding steroid dienone is 1. The monoisotopic (exact) mass is 915 g/mol. The van der Waals surface area contributed by atoms with Gasteiger partial charge in [0.05, 0.1) is 62.3 Å². The van der Waals surface area contributed by atoms with Crippen molar-refractivity contribution in [3.8, 4) is 23.0 Å². The summed E-state index contributed by atoms with van der Waals surface area (Å²) >= 11 is 0. The number of carbonyl (C=O) groups excluding carboxylic acids is 2. The van der Waals surface area contributed by atoms with Crippen molar-refractivity contribution >= 4 is 23.8 Å². The van der Waals surface area contributed by atoms with Gasteiger partial charge in [-0.05, 0) is 104 Å². The smallest absolute Gasteiger partial charge is 0.410 e. The molecule has 0 saturated heterocycles. The van der Waals surface area contributed by atoms with Gasteiger partial charge in [-0.2, -0.15) is 0 Å². The maximum Gasteiger partial charge on any atom is 0.410 e. The number of carbonyl (C=O) groups is 2. The fourth-order valence-electron chi connectivity index (χ4n) is 9.52. The summed E-state index contributed by atoms with van der Waals surface area (Å²) in [7, 11) is 1.49. The molecule has 66 heavy (non-hydrogen) atoms. The van der Waals surface area contributed by atoms with Crippen molar-refractivity contribution in [2.75, 3.05) is 59.9 Å². The molecule has 3 aromatic rings. The number of ether oxygens (including phenoxy) is 6. The molecule has 1 fully saturated rings. The third kappa shape index (κ3) is 11.4. The number of hydrogen-bond acceptors (Lipinski definition) is 15. The molecule has 1 saturated carbocycles. The summed E-state index contributed by atoms with van der Waals surface area (Å²) in [5.74, 6) is -0.950. The minimum absolute atomic E-state index is 0.0108.